The van der Waals surface area contributed by atoms with Crippen LogP contribution in [0.5, 0.6) is 11.5 Å². The predicted octanol–water partition coefficient (Wildman–Crippen LogP) is 3.98. The van der Waals surface area contributed by atoms with Crippen LogP contribution < -0.4 is 20.1 Å². The Labute approximate surface area is 193 Å². The molecule has 2 N–H and O–H groups in total. The number of carbonyl (C=O) groups excluding carboxylic acids is 2. The lowest BCUT2D eigenvalue weighted by Gasteiger charge is -2.36. The van der Waals surface area contributed by atoms with Gasteiger partial charge in [-0.15, -0.1) is 0 Å². The minimum absolute atomic E-state index is 0.206. The van der Waals surface area contributed by atoms with E-state index in [0.29, 0.717) is 30.2 Å². The number of fused-ring (bicyclic) bond motifs is 1. The van der Waals surface area contributed by atoms with E-state index in [1.807, 2.05) is 72.8 Å². The Morgan fingerprint density at radius 3 is 2.15 bits per heavy atom. The number of carbonyl (C=O) groups is 2. The van der Waals surface area contributed by atoms with E-state index >= 15 is 0 Å². The molecule has 170 valence electrons. The summed E-state index contributed by atoms with van der Waals surface area (Å²) >= 11 is 0. The van der Waals surface area contributed by atoms with Gasteiger partial charge in [0, 0.05) is 25.2 Å². The van der Waals surface area contributed by atoms with E-state index in [0.717, 1.165) is 16.7 Å². The van der Waals surface area contributed by atoms with E-state index in [4.69, 9.17) is 9.47 Å². The fourth-order valence-electron chi connectivity index (χ4n) is 3.98. The minimum Gasteiger partial charge on any atom is -0.493 e. The molecule has 1 heterocycles. The third-order valence-electron chi connectivity index (χ3n) is 5.73. The molecule has 1 atom stereocenters. The summed E-state index contributed by atoms with van der Waals surface area (Å²) in [5, 5.41) is 5.89. The van der Waals surface area contributed by atoms with Crippen molar-refractivity contribution in [3.05, 3.63) is 89.5 Å². The van der Waals surface area contributed by atoms with E-state index in [9.17, 15) is 9.59 Å². The first kappa shape index (κ1) is 22.2. The van der Waals surface area contributed by atoms with Gasteiger partial charge in [0.25, 0.3) is 0 Å². The van der Waals surface area contributed by atoms with E-state index in [2.05, 4.69) is 10.6 Å². The number of para-hydroxylation sites is 1. The number of ether oxygens (including phenoxy) is 2. The molecule has 3 aromatic rings. The van der Waals surface area contributed by atoms with Crippen molar-refractivity contribution in [1.82, 2.24) is 10.2 Å². The minimum atomic E-state index is -0.664. The van der Waals surface area contributed by atoms with Crippen LogP contribution in [0.3, 0.4) is 0 Å². The average Bonchev–Trinajstić information content (AvgIpc) is 2.86. The molecule has 33 heavy (non-hydrogen) atoms. The highest BCUT2D eigenvalue weighted by molar-refractivity contribution is 5.94. The lowest BCUT2D eigenvalue weighted by molar-refractivity contribution is -0.126. The molecule has 0 fully saturated rings. The van der Waals surface area contributed by atoms with Crippen molar-refractivity contribution in [3.63, 3.8) is 0 Å². The lowest BCUT2D eigenvalue weighted by Crippen LogP contribution is -2.53. The summed E-state index contributed by atoms with van der Waals surface area (Å²) in [6.45, 7) is 0.668. The van der Waals surface area contributed by atoms with Gasteiger partial charge in [-0.1, -0.05) is 48.5 Å². The van der Waals surface area contributed by atoms with Gasteiger partial charge < -0.3 is 25.0 Å². The number of nitrogens with zero attached hydrogens (tertiary/aromatic N) is 1. The largest absolute Gasteiger partial charge is 0.493 e. The smallest absolute Gasteiger partial charge is 0.322 e. The molecule has 1 aliphatic heterocycles. The Kier molecular flexibility index (Phi) is 6.78. The Hall–Kier alpha value is -4.00. The van der Waals surface area contributed by atoms with Gasteiger partial charge in [-0.25, -0.2) is 4.79 Å². The van der Waals surface area contributed by atoms with Crippen molar-refractivity contribution < 1.29 is 19.1 Å². The molecule has 7 heteroatoms. The zero-order chi connectivity index (χ0) is 23.2. The third-order valence-corrected chi connectivity index (χ3v) is 5.73. The van der Waals surface area contributed by atoms with Crippen LogP contribution in [0.1, 0.15) is 16.7 Å². The fourth-order valence-corrected chi connectivity index (χ4v) is 3.98. The molecule has 0 aliphatic carbocycles. The van der Waals surface area contributed by atoms with Crippen LogP contribution >= 0.6 is 0 Å². The summed E-state index contributed by atoms with van der Waals surface area (Å²) in [6, 6.07) is 21.7. The summed E-state index contributed by atoms with van der Waals surface area (Å²) in [6.07, 6.45) is 0.374. The van der Waals surface area contributed by atoms with Gasteiger partial charge in [0.1, 0.15) is 6.04 Å². The molecule has 0 radical (unpaired) electrons. The number of anilines is 1. The zero-order valence-corrected chi connectivity index (χ0v) is 18.7. The number of methoxy groups -OCH3 is 2. The molecule has 3 amide bonds. The second-order valence-electron chi connectivity index (χ2n) is 7.82. The molecule has 0 bridgehead atoms. The summed E-state index contributed by atoms with van der Waals surface area (Å²) in [7, 11) is 3.16. The highest BCUT2D eigenvalue weighted by atomic mass is 16.5. The second kappa shape index (κ2) is 10.1. The average molecular weight is 446 g/mol. The van der Waals surface area contributed by atoms with Gasteiger partial charge in [-0.3, -0.25) is 4.79 Å². The molecule has 0 saturated carbocycles. The van der Waals surface area contributed by atoms with Gasteiger partial charge in [0.05, 0.1) is 14.2 Å². The van der Waals surface area contributed by atoms with Crippen LogP contribution in [0, 0.1) is 0 Å². The number of benzene rings is 3. The van der Waals surface area contributed by atoms with Crippen molar-refractivity contribution in [1.29, 1.82) is 0 Å². The molecular weight excluding hydrogens is 418 g/mol. The summed E-state index contributed by atoms with van der Waals surface area (Å²) < 4.78 is 10.9. The van der Waals surface area contributed by atoms with Crippen LogP contribution in [0.15, 0.2) is 72.8 Å². The second-order valence-corrected chi connectivity index (χ2v) is 7.82. The predicted molar refractivity (Wildman–Crippen MR) is 126 cm³/mol. The van der Waals surface area contributed by atoms with E-state index in [1.165, 1.54) is 0 Å². The first-order chi connectivity index (χ1) is 16.1. The van der Waals surface area contributed by atoms with Gasteiger partial charge in [0.2, 0.25) is 5.91 Å². The molecule has 4 rings (SSSR count). The number of amides is 3. The maximum Gasteiger partial charge on any atom is 0.322 e. The monoisotopic (exact) mass is 445 g/mol. The highest BCUT2D eigenvalue weighted by Gasteiger charge is 2.35. The van der Waals surface area contributed by atoms with Crippen LogP contribution in [0.4, 0.5) is 10.5 Å². The van der Waals surface area contributed by atoms with Crippen molar-refractivity contribution in [2.24, 2.45) is 0 Å². The van der Waals surface area contributed by atoms with Gasteiger partial charge in [0.15, 0.2) is 11.5 Å². The Morgan fingerprint density at radius 2 is 1.52 bits per heavy atom. The standard InChI is InChI=1S/C26H27N3O4/c1-32-23-14-19-13-22(25(30)27-16-18-9-5-3-6-10-18)29(17-20(19)15-24(23)33-2)26(31)28-21-11-7-4-8-12-21/h3-12,14-15,22H,13,16-17H2,1-2H3,(H,27,30)(H,28,31)/t22-/m1/s1. The zero-order valence-electron chi connectivity index (χ0n) is 18.7. The van der Waals surface area contributed by atoms with Crippen molar-refractivity contribution in [2.45, 2.75) is 25.6 Å². The summed E-state index contributed by atoms with van der Waals surface area (Å²) in [5.41, 5.74) is 3.54. The quantitative estimate of drug-likeness (QED) is 0.602. The molecular formula is C26H27N3O4. The third kappa shape index (κ3) is 5.09. The van der Waals surface area contributed by atoms with E-state index < -0.39 is 6.04 Å². The normalized spacial score (nSPS) is 14.7. The first-order valence-corrected chi connectivity index (χ1v) is 10.8. The number of nitrogens with one attached hydrogen (secondary N) is 2. The molecule has 0 aromatic heterocycles. The number of hydrogen-bond acceptors (Lipinski definition) is 4. The van der Waals surface area contributed by atoms with Crippen molar-refractivity contribution in [3.8, 4) is 11.5 Å². The highest BCUT2D eigenvalue weighted by Crippen LogP contribution is 2.35. The molecule has 0 saturated heterocycles. The van der Waals surface area contributed by atoms with Gasteiger partial charge in [-0.2, -0.15) is 0 Å². The summed E-state index contributed by atoms with van der Waals surface area (Å²) in [5.74, 6) is 0.982. The molecule has 0 spiro atoms. The van der Waals surface area contributed by atoms with Gasteiger partial charge >= 0.3 is 6.03 Å². The topological polar surface area (TPSA) is 79.9 Å². The summed E-state index contributed by atoms with van der Waals surface area (Å²) in [4.78, 5) is 28.0. The lowest BCUT2D eigenvalue weighted by atomic mass is 9.93. The molecule has 1 aliphatic rings. The Morgan fingerprint density at radius 1 is 0.909 bits per heavy atom. The first-order valence-electron chi connectivity index (χ1n) is 10.8. The van der Waals surface area contributed by atoms with Crippen LogP contribution in [0.2, 0.25) is 0 Å². The Balaban J connectivity index is 1.60. The fraction of sp³-hybridized carbons (Fsp3) is 0.231. The molecule has 7 nitrogen and oxygen atoms in total. The van der Waals surface area contributed by atoms with Crippen LogP contribution in [0.25, 0.3) is 0 Å². The maximum atomic E-state index is 13.2. The van der Waals surface area contributed by atoms with E-state index in [1.54, 1.807) is 19.1 Å². The maximum absolute atomic E-state index is 13.2. The molecule has 3 aromatic carbocycles. The van der Waals surface area contributed by atoms with E-state index in [-0.39, 0.29) is 18.5 Å². The number of rotatable bonds is 6. The van der Waals surface area contributed by atoms with Gasteiger partial charge in [-0.05, 0) is 41.0 Å². The van der Waals surface area contributed by atoms with Crippen LogP contribution in [-0.2, 0) is 24.3 Å². The number of hydrogen-bond donors (Lipinski definition) is 2. The SMILES string of the molecule is COc1cc2c(cc1OC)CN(C(=O)Nc1ccccc1)[C@@H](C(=O)NCc1ccccc1)C2. The number of urea groups is 1. The van der Waals surface area contributed by atoms with Crippen LogP contribution in [-0.4, -0.2) is 37.1 Å². The molecule has 0 unspecified atom stereocenters. The Bertz CT molecular complexity index is 1120. The van der Waals surface area contributed by atoms with Crippen molar-refractivity contribution in [2.75, 3.05) is 19.5 Å². The van der Waals surface area contributed by atoms with Crippen molar-refractivity contribution >= 4 is 17.6 Å².